The molecule has 3 heterocycles. The van der Waals surface area contributed by atoms with Gasteiger partial charge in [0.25, 0.3) is 0 Å². The minimum absolute atomic E-state index is 0.0649. The minimum Gasteiger partial charge on any atom is -0.458 e. The standard InChI is InChI=1S/C40H62O14/c1-17-11-26(53-37(50)22(17)14-41)18(2)23-7-8-24-21-6-5-20-12-19(13-29(43)40(20,4)25(21)9-10-39(23,24)3)36-34(48)32(46)31(45)28(52-36)16-51-38-35(49)33(47)30(44)27(15-42)54-38/h5,18-19,21,23-36,38,41-49H,6-16H2,1-4H3/t18-,19?,21-,23+,24-,25-,26+,27+,28+,29-,30+,31+,32-,33-,34+,35+,36-,38+,39+,40-/m0/s1. The van der Waals surface area contributed by atoms with Crippen LogP contribution in [0.4, 0.5) is 0 Å². The van der Waals surface area contributed by atoms with Crippen LogP contribution in [-0.2, 0) is 23.7 Å². The number of allylic oxidation sites excluding steroid dienone is 1. The third kappa shape index (κ3) is 6.54. The van der Waals surface area contributed by atoms with Crippen LogP contribution in [0.5, 0.6) is 0 Å². The van der Waals surface area contributed by atoms with E-state index in [0.717, 1.165) is 43.3 Å². The van der Waals surface area contributed by atoms with E-state index in [1.54, 1.807) is 0 Å². The van der Waals surface area contributed by atoms with Crippen LogP contribution in [0.1, 0.15) is 79.1 Å². The van der Waals surface area contributed by atoms with Gasteiger partial charge in [-0.05, 0) is 92.8 Å². The number of rotatable bonds is 8. The lowest BCUT2D eigenvalue weighted by Gasteiger charge is -2.60. The summed E-state index contributed by atoms with van der Waals surface area (Å²) in [6.07, 6.45) is -6.37. The van der Waals surface area contributed by atoms with Crippen molar-refractivity contribution >= 4 is 5.97 Å². The second kappa shape index (κ2) is 15.3. The molecule has 306 valence electrons. The molecule has 5 fully saturated rings. The molecular weight excluding hydrogens is 704 g/mol. The van der Waals surface area contributed by atoms with Gasteiger partial charge < -0.3 is 64.9 Å². The van der Waals surface area contributed by atoms with Crippen molar-refractivity contribution in [1.29, 1.82) is 0 Å². The van der Waals surface area contributed by atoms with Gasteiger partial charge in [-0.2, -0.15) is 0 Å². The summed E-state index contributed by atoms with van der Waals surface area (Å²) in [6.45, 7) is 7.39. The van der Waals surface area contributed by atoms with Crippen molar-refractivity contribution in [2.75, 3.05) is 19.8 Å². The summed E-state index contributed by atoms with van der Waals surface area (Å²) in [4.78, 5) is 12.7. The second-order valence-corrected chi connectivity index (χ2v) is 18.1. The molecule has 20 atom stereocenters. The molecule has 14 nitrogen and oxygen atoms in total. The van der Waals surface area contributed by atoms with Crippen LogP contribution in [0.25, 0.3) is 0 Å². The van der Waals surface area contributed by atoms with E-state index in [-0.39, 0.29) is 35.9 Å². The number of cyclic esters (lactones) is 1. The first kappa shape index (κ1) is 40.7. The fourth-order valence-electron chi connectivity index (χ4n) is 12.4. The fraction of sp³-hybridized carbons (Fsp3) is 0.875. The maximum absolute atomic E-state index is 12.7. The largest absolute Gasteiger partial charge is 0.458 e. The van der Waals surface area contributed by atoms with Crippen LogP contribution in [0.2, 0.25) is 0 Å². The van der Waals surface area contributed by atoms with Crippen molar-refractivity contribution in [3.63, 3.8) is 0 Å². The van der Waals surface area contributed by atoms with Gasteiger partial charge in [0, 0.05) is 11.8 Å². The quantitative estimate of drug-likeness (QED) is 0.118. The van der Waals surface area contributed by atoms with E-state index < -0.39 is 91.9 Å². The molecule has 0 amide bonds. The van der Waals surface area contributed by atoms with Crippen molar-refractivity contribution in [3.8, 4) is 0 Å². The minimum atomic E-state index is -1.65. The molecule has 0 spiro atoms. The monoisotopic (exact) mass is 766 g/mol. The maximum Gasteiger partial charge on any atom is 0.336 e. The van der Waals surface area contributed by atoms with Crippen LogP contribution in [0.3, 0.4) is 0 Å². The number of fused-ring (bicyclic) bond motifs is 5. The Kier molecular flexibility index (Phi) is 11.5. The smallest absolute Gasteiger partial charge is 0.336 e. The van der Waals surface area contributed by atoms with Gasteiger partial charge in [-0.25, -0.2) is 4.79 Å². The predicted octanol–water partition coefficient (Wildman–Crippen LogP) is 0.0794. The van der Waals surface area contributed by atoms with Crippen molar-refractivity contribution in [2.45, 2.75) is 152 Å². The first-order valence-corrected chi connectivity index (χ1v) is 20.1. The van der Waals surface area contributed by atoms with E-state index >= 15 is 0 Å². The van der Waals surface area contributed by atoms with Gasteiger partial charge in [-0.3, -0.25) is 0 Å². The number of esters is 1. The first-order valence-electron chi connectivity index (χ1n) is 20.1. The van der Waals surface area contributed by atoms with Crippen LogP contribution < -0.4 is 0 Å². The molecule has 0 aromatic heterocycles. The molecule has 54 heavy (non-hydrogen) atoms. The molecule has 7 rings (SSSR count). The highest BCUT2D eigenvalue weighted by molar-refractivity contribution is 5.90. The summed E-state index contributed by atoms with van der Waals surface area (Å²) >= 11 is 0. The molecule has 0 radical (unpaired) electrons. The zero-order chi connectivity index (χ0) is 39.0. The molecule has 0 aromatic carbocycles. The Hall–Kier alpha value is -1.53. The maximum atomic E-state index is 12.7. The SMILES string of the molecule is CC1=C(CO)C(=O)O[C@@H]([C@@H](C)[C@H]2CC[C@H]3[C@@H]4CC=C5CC([C@@H]6O[C@H](CO[C@@H]7O[C@H](CO)[C@@H](O)[C@H](O)[C@H]7O)[C@@H](O)[C@H](O)[C@H]6O)C[C@H](O)[C@]5(C)[C@H]4CC[C@]23C)C1. The van der Waals surface area contributed by atoms with E-state index in [0.29, 0.717) is 42.6 Å². The summed E-state index contributed by atoms with van der Waals surface area (Å²) < 4.78 is 23.2. The molecule has 14 heteroatoms. The number of carbonyl (C=O) groups is 1. The molecule has 7 aliphatic rings. The van der Waals surface area contributed by atoms with Gasteiger partial charge in [0.15, 0.2) is 6.29 Å². The Balaban J connectivity index is 1.04. The highest BCUT2D eigenvalue weighted by atomic mass is 16.7. The Morgan fingerprint density at radius 3 is 2.26 bits per heavy atom. The highest BCUT2D eigenvalue weighted by Crippen LogP contribution is 2.68. The fourth-order valence-corrected chi connectivity index (χ4v) is 12.4. The lowest BCUT2D eigenvalue weighted by Crippen LogP contribution is -2.63. The van der Waals surface area contributed by atoms with E-state index in [2.05, 4.69) is 26.8 Å². The molecule has 0 bridgehead atoms. The number of carbonyl (C=O) groups excluding carboxylic acids is 1. The second-order valence-electron chi connectivity index (χ2n) is 18.1. The Bertz CT molecular complexity index is 1450. The van der Waals surface area contributed by atoms with Crippen LogP contribution >= 0.6 is 0 Å². The van der Waals surface area contributed by atoms with Crippen molar-refractivity contribution < 1.29 is 69.7 Å². The van der Waals surface area contributed by atoms with Crippen LogP contribution in [0, 0.1) is 46.3 Å². The van der Waals surface area contributed by atoms with Crippen LogP contribution in [-0.4, -0.2) is 145 Å². The van der Waals surface area contributed by atoms with Gasteiger partial charge in [0.1, 0.15) is 54.9 Å². The summed E-state index contributed by atoms with van der Waals surface area (Å²) in [6, 6.07) is 0. The Morgan fingerprint density at radius 1 is 0.870 bits per heavy atom. The number of aliphatic hydroxyl groups excluding tert-OH is 9. The first-order chi connectivity index (χ1) is 25.6. The third-order valence-corrected chi connectivity index (χ3v) is 15.7. The Morgan fingerprint density at radius 2 is 1.57 bits per heavy atom. The highest BCUT2D eigenvalue weighted by Gasteiger charge is 2.62. The molecule has 3 saturated carbocycles. The third-order valence-electron chi connectivity index (χ3n) is 15.7. The van der Waals surface area contributed by atoms with Crippen molar-refractivity contribution in [1.82, 2.24) is 0 Å². The average molecular weight is 767 g/mol. The summed E-state index contributed by atoms with van der Waals surface area (Å²) in [5.74, 6) is 0.867. The normalized spacial score (nSPS) is 51.5. The molecule has 9 N–H and O–H groups in total. The van der Waals surface area contributed by atoms with E-state index in [1.807, 2.05) is 6.92 Å². The van der Waals surface area contributed by atoms with E-state index in [9.17, 15) is 50.8 Å². The molecule has 4 aliphatic carbocycles. The number of ether oxygens (including phenoxy) is 4. The topological polar surface area (TPSA) is 236 Å². The lowest BCUT2D eigenvalue weighted by molar-refractivity contribution is -0.316. The van der Waals surface area contributed by atoms with Gasteiger partial charge in [0.05, 0.1) is 37.6 Å². The van der Waals surface area contributed by atoms with E-state index in [1.165, 1.54) is 0 Å². The summed E-state index contributed by atoms with van der Waals surface area (Å²) in [5.41, 5.74) is 2.00. The predicted molar refractivity (Wildman–Crippen MR) is 190 cm³/mol. The van der Waals surface area contributed by atoms with Gasteiger partial charge in [-0.1, -0.05) is 38.0 Å². The van der Waals surface area contributed by atoms with Crippen LogP contribution in [0.15, 0.2) is 22.8 Å². The van der Waals surface area contributed by atoms with Crippen molar-refractivity contribution in [2.24, 2.45) is 46.3 Å². The average Bonchev–Trinajstić information content (AvgIpc) is 3.50. The summed E-state index contributed by atoms with van der Waals surface area (Å²) in [7, 11) is 0. The van der Waals surface area contributed by atoms with Gasteiger partial charge in [-0.15, -0.1) is 0 Å². The lowest BCUT2D eigenvalue weighted by atomic mass is 9.45. The number of aliphatic hydroxyl groups is 9. The molecule has 3 aliphatic heterocycles. The number of hydrogen-bond acceptors (Lipinski definition) is 14. The molecular formula is C40H62O14. The van der Waals surface area contributed by atoms with Crippen molar-refractivity contribution in [3.05, 3.63) is 22.8 Å². The van der Waals surface area contributed by atoms with E-state index in [4.69, 9.17) is 18.9 Å². The molecule has 1 unspecified atom stereocenters. The zero-order valence-electron chi connectivity index (χ0n) is 31.8. The summed E-state index contributed by atoms with van der Waals surface area (Å²) in [5, 5.41) is 94.9. The molecule has 0 aromatic rings. The molecule has 2 saturated heterocycles. The van der Waals surface area contributed by atoms with Gasteiger partial charge in [0.2, 0.25) is 0 Å². The Labute approximate surface area is 316 Å². The number of hydrogen-bond donors (Lipinski definition) is 9. The van der Waals surface area contributed by atoms with Gasteiger partial charge >= 0.3 is 5.97 Å². The zero-order valence-corrected chi connectivity index (χ0v) is 31.8.